The van der Waals surface area contributed by atoms with E-state index in [1.165, 1.54) is 128 Å². The van der Waals surface area contributed by atoms with Crippen molar-refractivity contribution in [3.63, 3.8) is 0 Å². The van der Waals surface area contributed by atoms with Crippen molar-refractivity contribution < 1.29 is 14.7 Å². The Kier molecular flexibility index (Phi) is 26.9. The molecule has 0 aliphatic carbocycles. The number of aromatic hydroxyl groups is 1. The highest BCUT2D eigenvalue weighted by molar-refractivity contribution is 5.90. The summed E-state index contributed by atoms with van der Waals surface area (Å²) in [7, 11) is 0. The Morgan fingerprint density at radius 3 is 1.26 bits per heavy atom. The van der Waals surface area contributed by atoms with Gasteiger partial charge in [0, 0.05) is 25.2 Å². The second kappa shape index (κ2) is 29.8. The van der Waals surface area contributed by atoms with Crippen LogP contribution in [-0.4, -0.2) is 30.1 Å². The summed E-state index contributed by atoms with van der Waals surface area (Å²) in [5.41, 5.74) is 0.726. The average molecular weight is 602 g/mol. The molecule has 0 aliphatic rings. The van der Waals surface area contributed by atoms with Crippen molar-refractivity contribution in [2.75, 3.05) is 18.4 Å². The van der Waals surface area contributed by atoms with E-state index >= 15 is 0 Å². The number of hydrogen-bond acceptors (Lipinski definition) is 3. The predicted octanol–water partition coefficient (Wildman–Crippen LogP) is 10.8. The van der Waals surface area contributed by atoms with Crippen LogP contribution in [0.1, 0.15) is 174 Å². The summed E-state index contributed by atoms with van der Waals surface area (Å²) in [6.07, 6.45) is 32.7. The van der Waals surface area contributed by atoms with Gasteiger partial charge in [-0.05, 0) is 43.5 Å². The number of phenols is 1. The number of benzene rings is 1. The molecule has 0 bridgehead atoms. The molecule has 1 aromatic carbocycles. The van der Waals surface area contributed by atoms with Gasteiger partial charge in [0.1, 0.15) is 5.75 Å². The first-order valence-corrected chi connectivity index (χ1v) is 18.2. The molecule has 248 valence electrons. The molecule has 0 aromatic heterocycles. The quantitative estimate of drug-likeness (QED) is 0.0522. The van der Waals surface area contributed by atoms with Crippen molar-refractivity contribution in [1.29, 1.82) is 0 Å². The molecule has 0 unspecified atom stereocenters. The van der Waals surface area contributed by atoms with Gasteiger partial charge in [0.15, 0.2) is 0 Å². The van der Waals surface area contributed by atoms with Gasteiger partial charge in [-0.15, -0.1) is 0 Å². The second-order valence-corrected chi connectivity index (χ2v) is 12.5. The van der Waals surface area contributed by atoms with Crippen LogP contribution in [0.4, 0.5) is 10.5 Å². The maximum absolute atomic E-state index is 12.0. The van der Waals surface area contributed by atoms with Crippen molar-refractivity contribution in [3.8, 4) is 5.75 Å². The van der Waals surface area contributed by atoms with E-state index in [0.717, 1.165) is 50.9 Å². The molecule has 0 fully saturated rings. The van der Waals surface area contributed by atoms with Crippen molar-refractivity contribution >= 4 is 17.6 Å². The minimum absolute atomic E-state index is 0.0160. The Morgan fingerprint density at radius 2 is 0.860 bits per heavy atom. The highest BCUT2D eigenvalue weighted by Gasteiger charge is 2.03. The monoisotopic (exact) mass is 602 g/mol. The largest absolute Gasteiger partial charge is 0.508 e. The van der Waals surface area contributed by atoms with Gasteiger partial charge in [0.25, 0.3) is 0 Å². The van der Waals surface area contributed by atoms with Crippen LogP contribution in [-0.2, 0) is 4.79 Å². The summed E-state index contributed by atoms with van der Waals surface area (Å²) in [5, 5.41) is 18.2. The number of carbonyl (C=O) groups is 2. The Balaban J connectivity index is 1.73. The molecular formula is C37H67N3O3. The van der Waals surface area contributed by atoms with Crippen molar-refractivity contribution in [2.24, 2.45) is 0 Å². The standard InChI is InChI=1S/C37H67N3O3/c1-2-3-4-5-6-7-8-9-10-11-12-13-16-19-22-25-32-38-37(43)39-33-26-23-20-17-14-15-18-21-24-27-36(42)40-34-28-30-35(41)31-29-34/h28-31,41H,2-27,32-33H2,1H3,(H,40,42)(H2,38,39,43). The van der Waals surface area contributed by atoms with Crippen molar-refractivity contribution in [2.45, 2.75) is 174 Å². The molecule has 3 amide bonds. The van der Waals surface area contributed by atoms with Gasteiger partial charge in [0.05, 0.1) is 0 Å². The second-order valence-electron chi connectivity index (χ2n) is 12.5. The number of carbonyl (C=O) groups excluding carboxylic acids is 2. The summed E-state index contributed by atoms with van der Waals surface area (Å²) in [6, 6.07) is 6.55. The normalized spacial score (nSPS) is 11.0. The number of hydrogen-bond donors (Lipinski definition) is 4. The molecular weight excluding hydrogens is 534 g/mol. The van der Waals surface area contributed by atoms with E-state index in [0.29, 0.717) is 6.42 Å². The lowest BCUT2D eigenvalue weighted by Crippen LogP contribution is -2.36. The van der Waals surface area contributed by atoms with Gasteiger partial charge >= 0.3 is 6.03 Å². The molecule has 0 spiro atoms. The van der Waals surface area contributed by atoms with Crippen LogP contribution in [0.25, 0.3) is 0 Å². The van der Waals surface area contributed by atoms with Gasteiger partial charge in [-0.3, -0.25) is 4.79 Å². The number of phenolic OH excluding ortho intramolecular Hbond substituents is 1. The lowest BCUT2D eigenvalue weighted by atomic mass is 10.0. The number of unbranched alkanes of at least 4 members (excludes halogenated alkanes) is 23. The molecule has 0 saturated carbocycles. The Hall–Kier alpha value is -2.24. The smallest absolute Gasteiger partial charge is 0.314 e. The minimum atomic E-state index is -0.0160. The van der Waals surface area contributed by atoms with Crippen LogP contribution >= 0.6 is 0 Å². The first-order chi connectivity index (χ1) is 21.1. The van der Waals surface area contributed by atoms with Crippen LogP contribution in [0.15, 0.2) is 24.3 Å². The molecule has 6 nitrogen and oxygen atoms in total. The van der Waals surface area contributed by atoms with Crippen molar-refractivity contribution in [3.05, 3.63) is 24.3 Å². The zero-order chi connectivity index (χ0) is 31.1. The first kappa shape index (κ1) is 38.8. The van der Waals surface area contributed by atoms with Crippen molar-refractivity contribution in [1.82, 2.24) is 10.6 Å². The molecule has 0 heterocycles. The Morgan fingerprint density at radius 1 is 0.512 bits per heavy atom. The highest BCUT2D eigenvalue weighted by Crippen LogP contribution is 2.16. The molecule has 0 atom stereocenters. The fraction of sp³-hybridized carbons (Fsp3) is 0.784. The molecule has 0 saturated heterocycles. The molecule has 4 N–H and O–H groups in total. The van der Waals surface area contributed by atoms with Gasteiger partial charge in [-0.2, -0.15) is 0 Å². The molecule has 0 aliphatic heterocycles. The Labute approximate surface area is 265 Å². The van der Waals surface area contributed by atoms with E-state index in [4.69, 9.17) is 0 Å². The number of anilines is 1. The summed E-state index contributed by atoms with van der Waals surface area (Å²) in [4.78, 5) is 23.9. The number of rotatable bonds is 30. The average Bonchev–Trinajstić information content (AvgIpc) is 3.00. The fourth-order valence-corrected chi connectivity index (χ4v) is 5.56. The van der Waals surface area contributed by atoms with E-state index < -0.39 is 0 Å². The van der Waals surface area contributed by atoms with Gasteiger partial charge in [-0.25, -0.2) is 4.79 Å². The zero-order valence-electron chi connectivity index (χ0n) is 27.9. The maximum atomic E-state index is 12.0. The molecule has 6 heteroatoms. The lowest BCUT2D eigenvalue weighted by Gasteiger charge is -2.08. The molecule has 43 heavy (non-hydrogen) atoms. The van der Waals surface area contributed by atoms with Crippen LogP contribution in [0, 0.1) is 0 Å². The third kappa shape index (κ3) is 27.1. The van der Waals surface area contributed by atoms with E-state index in [1.54, 1.807) is 24.3 Å². The Bertz CT molecular complexity index is 769. The zero-order valence-corrected chi connectivity index (χ0v) is 27.9. The lowest BCUT2D eigenvalue weighted by molar-refractivity contribution is -0.116. The number of amides is 3. The molecule has 1 rings (SSSR count). The van der Waals surface area contributed by atoms with Gasteiger partial charge in [0.2, 0.25) is 5.91 Å². The highest BCUT2D eigenvalue weighted by atomic mass is 16.3. The summed E-state index contributed by atoms with van der Waals surface area (Å²) < 4.78 is 0. The SMILES string of the molecule is CCCCCCCCCCCCCCCCCCNC(=O)NCCCCCCCCCCCC(=O)Nc1ccc(O)cc1. The number of nitrogens with one attached hydrogen (secondary N) is 3. The molecule has 0 radical (unpaired) electrons. The van der Waals surface area contributed by atoms with E-state index in [1.807, 2.05) is 0 Å². The number of urea groups is 1. The predicted molar refractivity (Wildman–Crippen MR) is 184 cm³/mol. The summed E-state index contributed by atoms with van der Waals surface area (Å²) >= 11 is 0. The summed E-state index contributed by atoms with van der Waals surface area (Å²) in [5.74, 6) is 0.237. The topological polar surface area (TPSA) is 90.5 Å². The third-order valence-corrected chi connectivity index (χ3v) is 8.33. The van der Waals surface area contributed by atoms with E-state index in [9.17, 15) is 14.7 Å². The maximum Gasteiger partial charge on any atom is 0.314 e. The van der Waals surface area contributed by atoms with E-state index in [2.05, 4.69) is 22.9 Å². The van der Waals surface area contributed by atoms with Crippen LogP contribution in [0.2, 0.25) is 0 Å². The van der Waals surface area contributed by atoms with Crippen LogP contribution in [0.5, 0.6) is 5.75 Å². The first-order valence-electron chi connectivity index (χ1n) is 18.2. The third-order valence-electron chi connectivity index (χ3n) is 8.33. The summed E-state index contributed by atoms with van der Waals surface area (Å²) in [6.45, 7) is 3.83. The van der Waals surface area contributed by atoms with Gasteiger partial charge in [-0.1, -0.05) is 148 Å². The van der Waals surface area contributed by atoms with E-state index in [-0.39, 0.29) is 17.7 Å². The minimum Gasteiger partial charge on any atom is -0.508 e. The van der Waals surface area contributed by atoms with Crippen LogP contribution in [0.3, 0.4) is 0 Å². The fourth-order valence-electron chi connectivity index (χ4n) is 5.56. The van der Waals surface area contributed by atoms with Crippen LogP contribution < -0.4 is 16.0 Å². The van der Waals surface area contributed by atoms with Gasteiger partial charge < -0.3 is 21.1 Å². The molecule has 1 aromatic rings.